The van der Waals surface area contributed by atoms with Crippen LogP contribution in [0.3, 0.4) is 0 Å². The molecule has 1 fully saturated rings. The fourth-order valence-corrected chi connectivity index (χ4v) is 4.70. The van der Waals surface area contributed by atoms with Crippen molar-refractivity contribution in [3.63, 3.8) is 0 Å². The highest BCUT2D eigenvalue weighted by molar-refractivity contribution is 7.90. The molecule has 0 spiro atoms. The number of hydrogen-bond acceptors (Lipinski definition) is 6. The van der Waals surface area contributed by atoms with Gasteiger partial charge in [-0.1, -0.05) is 6.07 Å². The van der Waals surface area contributed by atoms with E-state index < -0.39 is 9.84 Å². The van der Waals surface area contributed by atoms with Crippen LogP contribution in [0.4, 0.5) is 0 Å². The molecule has 0 bridgehead atoms. The van der Waals surface area contributed by atoms with Crippen LogP contribution in [0.25, 0.3) is 0 Å². The lowest BCUT2D eigenvalue weighted by Gasteiger charge is -2.32. The molecule has 1 heterocycles. The molecule has 2 aromatic rings. The third-order valence-electron chi connectivity index (χ3n) is 5.54. The summed E-state index contributed by atoms with van der Waals surface area (Å²) in [5.74, 6) is 1.38. The summed E-state index contributed by atoms with van der Waals surface area (Å²) >= 11 is 0. The number of carbonyl (C=O) groups excluding carboxylic acids is 1. The number of piperidine rings is 1. The quantitative estimate of drug-likeness (QED) is 0.573. The lowest BCUT2D eigenvalue weighted by Crippen LogP contribution is -2.44. The Balaban J connectivity index is 1.58. The molecule has 0 saturated carbocycles. The van der Waals surface area contributed by atoms with E-state index in [-0.39, 0.29) is 29.1 Å². The molecule has 7 nitrogen and oxygen atoms in total. The third-order valence-corrected chi connectivity index (χ3v) is 6.65. The van der Waals surface area contributed by atoms with E-state index in [0.717, 1.165) is 55.8 Å². The van der Waals surface area contributed by atoms with E-state index in [9.17, 15) is 13.2 Å². The van der Waals surface area contributed by atoms with Crippen LogP contribution in [0.5, 0.6) is 11.5 Å². The Morgan fingerprint density at radius 2 is 1.59 bits per heavy atom. The zero-order valence-corrected chi connectivity index (χ0v) is 21.5. The molecule has 2 aromatic carbocycles. The lowest BCUT2D eigenvalue weighted by atomic mass is 10.0. The number of carbonyl (C=O) groups is 1. The van der Waals surface area contributed by atoms with Gasteiger partial charge in [-0.05, 0) is 76.4 Å². The first-order chi connectivity index (χ1) is 16.0. The Bertz CT molecular complexity index is 1060. The van der Waals surface area contributed by atoms with Gasteiger partial charge in [-0.15, -0.1) is 0 Å². The van der Waals surface area contributed by atoms with Gasteiger partial charge in [-0.25, -0.2) is 8.42 Å². The first kappa shape index (κ1) is 26.0. The Morgan fingerprint density at radius 3 is 2.12 bits per heavy atom. The number of benzene rings is 2. The van der Waals surface area contributed by atoms with E-state index in [1.54, 1.807) is 12.1 Å². The minimum absolute atomic E-state index is 0.0566. The first-order valence-corrected chi connectivity index (χ1v) is 13.7. The second-order valence-electron chi connectivity index (χ2n) is 9.47. The molecule has 186 valence electrons. The summed E-state index contributed by atoms with van der Waals surface area (Å²) in [5, 5.41) is 3.06. The van der Waals surface area contributed by atoms with Crippen LogP contribution < -0.4 is 14.8 Å². The first-order valence-electron chi connectivity index (χ1n) is 11.8. The Morgan fingerprint density at radius 1 is 1.00 bits per heavy atom. The number of sulfone groups is 1. The highest BCUT2D eigenvalue weighted by Crippen LogP contribution is 2.26. The maximum atomic E-state index is 12.7. The highest BCUT2D eigenvalue weighted by atomic mass is 32.2. The van der Waals surface area contributed by atoms with Gasteiger partial charge in [0.2, 0.25) is 0 Å². The van der Waals surface area contributed by atoms with Gasteiger partial charge in [-0.2, -0.15) is 0 Å². The summed E-state index contributed by atoms with van der Waals surface area (Å²) in [5.41, 5.74) is 1.50. The minimum Gasteiger partial charge on any atom is -0.491 e. The largest absolute Gasteiger partial charge is 0.491 e. The number of nitrogens with zero attached hydrogens (tertiary/aromatic N) is 1. The topological polar surface area (TPSA) is 84.9 Å². The van der Waals surface area contributed by atoms with Crippen LogP contribution in [0.15, 0.2) is 47.4 Å². The van der Waals surface area contributed by atoms with Crippen LogP contribution in [0.1, 0.15) is 56.5 Å². The van der Waals surface area contributed by atoms with E-state index >= 15 is 0 Å². The number of ether oxygens (including phenoxy) is 2. The molecule has 1 N–H and O–H groups in total. The molecule has 0 aliphatic carbocycles. The van der Waals surface area contributed by atoms with E-state index in [0.29, 0.717) is 5.56 Å². The maximum absolute atomic E-state index is 12.7. The Kier molecular flexibility index (Phi) is 8.60. The van der Waals surface area contributed by atoms with Crippen molar-refractivity contribution in [3.05, 3.63) is 53.6 Å². The van der Waals surface area contributed by atoms with Crippen molar-refractivity contribution in [3.8, 4) is 11.5 Å². The predicted octanol–water partition coefficient (Wildman–Crippen LogP) is 4.06. The van der Waals surface area contributed by atoms with Crippen molar-refractivity contribution in [1.82, 2.24) is 10.2 Å². The molecular weight excluding hydrogens is 452 g/mol. The molecular formula is C26H36N2O5S. The van der Waals surface area contributed by atoms with Crippen molar-refractivity contribution in [2.75, 3.05) is 19.3 Å². The van der Waals surface area contributed by atoms with Crippen molar-refractivity contribution >= 4 is 15.7 Å². The second-order valence-corrected chi connectivity index (χ2v) is 11.5. The lowest BCUT2D eigenvalue weighted by molar-refractivity contribution is 0.0908. The van der Waals surface area contributed by atoms with Gasteiger partial charge < -0.3 is 14.8 Å². The van der Waals surface area contributed by atoms with Gasteiger partial charge in [0.25, 0.3) is 5.91 Å². The van der Waals surface area contributed by atoms with Crippen LogP contribution in [0, 0.1) is 0 Å². The molecule has 0 atom stereocenters. The van der Waals surface area contributed by atoms with Crippen molar-refractivity contribution in [1.29, 1.82) is 0 Å². The normalized spacial score (nSPS) is 15.5. The molecule has 3 rings (SSSR count). The molecule has 1 amide bonds. The van der Waals surface area contributed by atoms with E-state index in [1.165, 1.54) is 12.1 Å². The highest BCUT2D eigenvalue weighted by Gasteiger charge is 2.22. The smallest absolute Gasteiger partial charge is 0.251 e. The monoisotopic (exact) mass is 488 g/mol. The summed E-state index contributed by atoms with van der Waals surface area (Å²) in [6.45, 7) is 10.5. The summed E-state index contributed by atoms with van der Waals surface area (Å²) in [6.07, 6.45) is 2.96. The summed E-state index contributed by atoms with van der Waals surface area (Å²) in [6, 6.07) is 12.3. The summed E-state index contributed by atoms with van der Waals surface area (Å²) in [4.78, 5) is 15.2. The Labute approximate surface area is 203 Å². The number of rotatable bonds is 9. The van der Waals surface area contributed by atoms with Gasteiger partial charge in [0, 0.05) is 43.6 Å². The number of nitrogens with one attached hydrogen (secondary N) is 1. The average Bonchev–Trinajstić information content (AvgIpc) is 2.73. The van der Waals surface area contributed by atoms with Crippen LogP contribution in [-0.4, -0.2) is 56.8 Å². The summed E-state index contributed by atoms with van der Waals surface area (Å²) in [7, 11) is -3.35. The second kappa shape index (κ2) is 11.2. The molecule has 1 saturated heterocycles. The van der Waals surface area contributed by atoms with Crippen LogP contribution >= 0.6 is 0 Å². The molecule has 1 aliphatic rings. The van der Waals surface area contributed by atoms with Gasteiger partial charge in [0.15, 0.2) is 9.84 Å². The fourth-order valence-electron chi connectivity index (χ4n) is 4.03. The van der Waals surface area contributed by atoms with Crippen molar-refractivity contribution < 1.29 is 22.7 Å². The van der Waals surface area contributed by atoms with Crippen LogP contribution in [0.2, 0.25) is 0 Å². The van der Waals surface area contributed by atoms with Crippen LogP contribution in [-0.2, 0) is 16.4 Å². The van der Waals surface area contributed by atoms with Crippen molar-refractivity contribution in [2.45, 2.75) is 70.2 Å². The van der Waals surface area contributed by atoms with E-state index in [2.05, 4.69) is 22.3 Å². The molecule has 0 radical (unpaired) electrons. The average molecular weight is 489 g/mol. The standard InChI is InChI=1S/C26H36N2O5S/c1-18(2)32-23-13-20(14-24(16-23)33-19(3)4)17-28-11-9-22(10-12-28)27-26(29)21-7-6-8-25(15-21)34(5,30)31/h6-8,13-16,18-19,22H,9-12,17H2,1-5H3,(H,27,29). The fraction of sp³-hybridized carbons (Fsp3) is 0.500. The zero-order chi connectivity index (χ0) is 24.9. The maximum Gasteiger partial charge on any atom is 0.251 e. The Hall–Kier alpha value is -2.58. The van der Waals surface area contributed by atoms with Gasteiger partial charge in [-0.3, -0.25) is 9.69 Å². The van der Waals surface area contributed by atoms with Gasteiger partial charge >= 0.3 is 0 Å². The predicted molar refractivity (Wildman–Crippen MR) is 133 cm³/mol. The zero-order valence-electron chi connectivity index (χ0n) is 20.7. The summed E-state index contributed by atoms with van der Waals surface area (Å²) < 4.78 is 35.4. The molecule has 0 aromatic heterocycles. The van der Waals surface area contributed by atoms with E-state index in [4.69, 9.17) is 9.47 Å². The van der Waals surface area contributed by atoms with E-state index in [1.807, 2.05) is 33.8 Å². The van der Waals surface area contributed by atoms with Gasteiger partial charge in [0.05, 0.1) is 17.1 Å². The number of likely N-dealkylation sites (tertiary alicyclic amines) is 1. The molecule has 1 aliphatic heterocycles. The van der Waals surface area contributed by atoms with Gasteiger partial charge in [0.1, 0.15) is 11.5 Å². The molecule has 0 unspecified atom stereocenters. The number of hydrogen-bond donors (Lipinski definition) is 1. The minimum atomic E-state index is -3.35. The van der Waals surface area contributed by atoms with Crippen molar-refractivity contribution in [2.24, 2.45) is 0 Å². The SMILES string of the molecule is CC(C)Oc1cc(CN2CCC(NC(=O)c3cccc(S(C)(=O)=O)c3)CC2)cc(OC(C)C)c1. The number of amides is 1. The third kappa shape index (κ3) is 7.74. The molecule has 34 heavy (non-hydrogen) atoms. The molecule has 8 heteroatoms.